The molecule has 0 saturated carbocycles. The van der Waals surface area contributed by atoms with Crippen molar-refractivity contribution in [3.8, 4) is 0 Å². The minimum atomic E-state index is -0.170. The quantitative estimate of drug-likeness (QED) is 0.579. The van der Waals surface area contributed by atoms with Gasteiger partial charge >= 0.3 is 6.03 Å². The number of nitrogens with zero attached hydrogens (tertiary/aromatic N) is 1. The number of amides is 2. The highest BCUT2D eigenvalue weighted by atomic mass is 32.2. The molecule has 3 aromatic carbocycles. The van der Waals surface area contributed by atoms with Crippen LogP contribution < -0.4 is 15.5 Å². The van der Waals surface area contributed by atoms with Crippen LogP contribution in [-0.2, 0) is 0 Å². The van der Waals surface area contributed by atoms with Gasteiger partial charge in [-0.25, -0.2) is 4.79 Å². The molecule has 0 fully saturated rings. The van der Waals surface area contributed by atoms with Crippen molar-refractivity contribution in [3.05, 3.63) is 78.9 Å². The van der Waals surface area contributed by atoms with Gasteiger partial charge in [-0.05, 0) is 42.8 Å². The average Bonchev–Trinajstić information content (AvgIpc) is 2.71. The molecule has 1 aliphatic heterocycles. The van der Waals surface area contributed by atoms with E-state index in [4.69, 9.17) is 0 Å². The van der Waals surface area contributed by atoms with Crippen molar-refractivity contribution >= 4 is 34.9 Å². The number of fused-ring (bicyclic) bond motifs is 2. The number of para-hydroxylation sites is 3. The number of nitrogens with one attached hydrogen (secondary N) is 2. The van der Waals surface area contributed by atoms with Crippen molar-refractivity contribution in [2.75, 3.05) is 23.3 Å². The van der Waals surface area contributed by atoms with Gasteiger partial charge in [-0.2, -0.15) is 0 Å². The molecule has 4 nitrogen and oxygen atoms in total. The summed E-state index contributed by atoms with van der Waals surface area (Å²) >= 11 is 1.81. The van der Waals surface area contributed by atoms with Gasteiger partial charge in [-0.15, -0.1) is 0 Å². The molecular formula is C22H21N3OS. The summed E-state index contributed by atoms with van der Waals surface area (Å²) in [5, 5.41) is 5.78. The largest absolute Gasteiger partial charge is 0.340 e. The van der Waals surface area contributed by atoms with Gasteiger partial charge in [0.25, 0.3) is 0 Å². The van der Waals surface area contributed by atoms with Crippen LogP contribution in [0.25, 0.3) is 0 Å². The van der Waals surface area contributed by atoms with Gasteiger partial charge in [0.15, 0.2) is 0 Å². The van der Waals surface area contributed by atoms with Crippen molar-refractivity contribution in [1.29, 1.82) is 0 Å². The Morgan fingerprint density at radius 2 is 1.41 bits per heavy atom. The third kappa shape index (κ3) is 4.09. The van der Waals surface area contributed by atoms with Crippen LogP contribution in [0.1, 0.15) is 6.42 Å². The van der Waals surface area contributed by atoms with Crippen LogP contribution >= 0.6 is 11.8 Å². The van der Waals surface area contributed by atoms with Gasteiger partial charge in [-0.3, -0.25) is 0 Å². The van der Waals surface area contributed by atoms with Gasteiger partial charge in [-0.1, -0.05) is 54.2 Å². The number of hydrogen-bond acceptors (Lipinski definition) is 3. The van der Waals surface area contributed by atoms with E-state index in [1.807, 2.05) is 42.1 Å². The normalized spacial score (nSPS) is 12.1. The van der Waals surface area contributed by atoms with E-state index in [9.17, 15) is 4.79 Å². The SMILES string of the molecule is O=C(NCCCN1c2ccccc2Sc2ccccc21)Nc1ccccc1. The fourth-order valence-corrected chi connectivity index (χ4v) is 4.25. The highest BCUT2D eigenvalue weighted by Gasteiger charge is 2.22. The molecule has 2 amide bonds. The van der Waals surface area contributed by atoms with Gasteiger partial charge in [0.2, 0.25) is 0 Å². The molecule has 136 valence electrons. The second kappa shape index (κ2) is 8.18. The number of benzene rings is 3. The Hall–Kier alpha value is -2.92. The van der Waals surface area contributed by atoms with Crippen LogP contribution in [0, 0.1) is 0 Å². The van der Waals surface area contributed by atoms with Crippen LogP contribution in [0.4, 0.5) is 21.9 Å². The van der Waals surface area contributed by atoms with E-state index in [1.54, 1.807) is 0 Å². The molecule has 27 heavy (non-hydrogen) atoms. The van der Waals surface area contributed by atoms with Gasteiger partial charge in [0.05, 0.1) is 11.4 Å². The Morgan fingerprint density at radius 1 is 0.815 bits per heavy atom. The zero-order valence-corrected chi connectivity index (χ0v) is 15.7. The van der Waals surface area contributed by atoms with Gasteiger partial charge in [0.1, 0.15) is 0 Å². The van der Waals surface area contributed by atoms with E-state index in [0.29, 0.717) is 6.54 Å². The number of carbonyl (C=O) groups excluding carboxylic acids is 1. The highest BCUT2D eigenvalue weighted by Crippen LogP contribution is 2.47. The summed E-state index contributed by atoms with van der Waals surface area (Å²) in [7, 11) is 0. The summed E-state index contributed by atoms with van der Waals surface area (Å²) in [5.74, 6) is 0. The summed E-state index contributed by atoms with van der Waals surface area (Å²) in [6.07, 6.45) is 0.857. The van der Waals surface area contributed by atoms with Crippen molar-refractivity contribution in [2.24, 2.45) is 0 Å². The fraction of sp³-hybridized carbons (Fsp3) is 0.136. The molecule has 0 bridgehead atoms. The van der Waals surface area contributed by atoms with Crippen LogP contribution in [0.3, 0.4) is 0 Å². The lowest BCUT2D eigenvalue weighted by atomic mass is 10.2. The molecule has 4 rings (SSSR count). The Balaban J connectivity index is 1.37. The molecule has 0 atom stereocenters. The molecule has 1 heterocycles. The lowest BCUT2D eigenvalue weighted by molar-refractivity contribution is 0.252. The van der Waals surface area contributed by atoms with Crippen LogP contribution in [0.2, 0.25) is 0 Å². The first-order valence-electron chi connectivity index (χ1n) is 9.04. The summed E-state index contributed by atoms with van der Waals surface area (Å²) in [5.41, 5.74) is 3.26. The Bertz CT molecular complexity index is 884. The first-order chi connectivity index (χ1) is 13.3. The number of urea groups is 1. The maximum atomic E-state index is 12.0. The van der Waals surface area contributed by atoms with Crippen LogP contribution in [0.5, 0.6) is 0 Å². The number of carbonyl (C=O) groups is 1. The fourth-order valence-electron chi connectivity index (χ4n) is 3.16. The maximum absolute atomic E-state index is 12.0. The Morgan fingerprint density at radius 3 is 2.07 bits per heavy atom. The van der Waals surface area contributed by atoms with Crippen molar-refractivity contribution < 1.29 is 4.79 Å². The molecule has 0 radical (unpaired) electrons. The van der Waals surface area contributed by atoms with E-state index in [2.05, 4.69) is 64.1 Å². The second-order valence-electron chi connectivity index (χ2n) is 6.29. The van der Waals surface area contributed by atoms with E-state index >= 15 is 0 Å². The predicted molar refractivity (Wildman–Crippen MR) is 112 cm³/mol. The van der Waals surface area contributed by atoms with E-state index in [1.165, 1.54) is 21.2 Å². The summed E-state index contributed by atoms with van der Waals surface area (Å²) in [6, 6.07) is 26.3. The number of anilines is 3. The lowest BCUT2D eigenvalue weighted by Crippen LogP contribution is -2.32. The van der Waals surface area contributed by atoms with E-state index in [-0.39, 0.29) is 6.03 Å². The summed E-state index contributed by atoms with van der Waals surface area (Å²) in [4.78, 5) is 16.9. The van der Waals surface area contributed by atoms with Crippen molar-refractivity contribution in [2.45, 2.75) is 16.2 Å². The van der Waals surface area contributed by atoms with Crippen LogP contribution in [0.15, 0.2) is 88.7 Å². The molecule has 0 saturated heterocycles. The average molecular weight is 375 g/mol. The Kier molecular flexibility index (Phi) is 5.30. The van der Waals surface area contributed by atoms with Crippen molar-refractivity contribution in [1.82, 2.24) is 5.32 Å². The first kappa shape index (κ1) is 17.5. The molecule has 5 heteroatoms. The zero-order chi connectivity index (χ0) is 18.5. The zero-order valence-electron chi connectivity index (χ0n) is 14.9. The van der Waals surface area contributed by atoms with E-state index in [0.717, 1.165) is 18.7 Å². The topological polar surface area (TPSA) is 44.4 Å². The summed E-state index contributed by atoms with van der Waals surface area (Å²) in [6.45, 7) is 1.47. The first-order valence-corrected chi connectivity index (χ1v) is 9.86. The number of hydrogen-bond donors (Lipinski definition) is 2. The van der Waals surface area contributed by atoms with E-state index < -0.39 is 0 Å². The maximum Gasteiger partial charge on any atom is 0.319 e. The third-order valence-corrected chi connectivity index (χ3v) is 5.54. The molecule has 0 aliphatic carbocycles. The minimum absolute atomic E-state index is 0.170. The predicted octanol–water partition coefficient (Wildman–Crippen LogP) is 5.50. The molecule has 3 aromatic rings. The second-order valence-corrected chi connectivity index (χ2v) is 7.37. The smallest absolute Gasteiger partial charge is 0.319 e. The summed E-state index contributed by atoms with van der Waals surface area (Å²) < 4.78 is 0. The molecule has 1 aliphatic rings. The van der Waals surface area contributed by atoms with Crippen molar-refractivity contribution in [3.63, 3.8) is 0 Å². The molecular weight excluding hydrogens is 354 g/mol. The third-order valence-electron chi connectivity index (χ3n) is 4.41. The number of rotatable bonds is 5. The molecule has 0 aromatic heterocycles. The lowest BCUT2D eigenvalue weighted by Gasteiger charge is -2.32. The monoisotopic (exact) mass is 375 g/mol. The molecule has 2 N–H and O–H groups in total. The van der Waals surface area contributed by atoms with Gasteiger partial charge in [0, 0.05) is 28.6 Å². The standard InChI is InChI=1S/C22H21N3OS/c26-22(24-17-9-2-1-3-10-17)23-15-8-16-25-18-11-4-6-13-20(18)27-21-14-7-5-12-19(21)25/h1-7,9-14H,8,15-16H2,(H2,23,24,26). The molecule has 0 spiro atoms. The van der Waals surface area contributed by atoms with Crippen LogP contribution in [-0.4, -0.2) is 19.1 Å². The minimum Gasteiger partial charge on any atom is -0.340 e. The van der Waals surface area contributed by atoms with Gasteiger partial charge < -0.3 is 15.5 Å². The highest BCUT2D eigenvalue weighted by molar-refractivity contribution is 7.99. The Labute approximate surface area is 163 Å². The molecule has 0 unspecified atom stereocenters.